The van der Waals surface area contributed by atoms with E-state index in [0.29, 0.717) is 6.61 Å². The molecule has 0 radical (unpaired) electrons. The SMILES string of the molecule is O=C1[N-]C(Cc2ccccc2)CO1.[Li+]. The van der Waals surface area contributed by atoms with Crippen molar-refractivity contribution < 1.29 is 28.4 Å². The number of ether oxygens (including phenoxy) is 1. The van der Waals surface area contributed by atoms with Crippen molar-refractivity contribution in [3.63, 3.8) is 0 Å². The van der Waals surface area contributed by atoms with Gasteiger partial charge in [0.2, 0.25) is 6.09 Å². The summed E-state index contributed by atoms with van der Waals surface area (Å²) < 4.78 is 4.73. The van der Waals surface area contributed by atoms with Gasteiger partial charge in [-0.15, -0.1) is 0 Å². The molecule has 1 aromatic carbocycles. The average molecular weight is 183 g/mol. The van der Waals surface area contributed by atoms with Crippen molar-refractivity contribution in [2.75, 3.05) is 6.61 Å². The first-order chi connectivity index (χ1) is 6.34. The van der Waals surface area contributed by atoms with E-state index in [9.17, 15) is 4.79 Å². The molecule has 68 valence electrons. The van der Waals surface area contributed by atoms with Crippen LogP contribution < -0.4 is 18.9 Å². The van der Waals surface area contributed by atoms with Gasteiger partial charge in [0.15, 0.2) is 0 Å². The molecule has 1 aliphatic rings. The zero-order valence-corrected chi connectivity index (χ0v) is 8.14. The fourth-order valence-corrected chi connectivity index (χ4v) is 1.38. The Morgan fingerprint density at radius 1 is 1.36 bits per heavy atom. The topological polar surface area (TPSA) is 40.4 Å². The van der Waals surface area contributed by atoms with E-state index in [1.165, 1.54) is 5.56 Å². The van der Waals surface area contributed by atoms with Crippen LogP contribution in [0.25, 0.3) is 5.32 Å². The van der Waals surface area contributed by atoms with Crippen LogP contribution in [-0.2, 0) is 11.2 Å². The predicted molar refractivity (Wildman–Crippen MR) is 48.6 cm³/mol. The Hall–Kier alpha value is -0.913. The van der Waals surface area contributed by atoms with Crippen molar-refractivity contribution in [2.45, 2.75) is 12.5 Å². The largest absolute Gasteiger partial charge is 1.00 e. The molecule has 0 bridgehead atoms. The maximum atomic E-state index is 10.7. The molecule has 1 aliphatic heterocycles. The van der Waals surface area contributed by atoms with Crippen LogP contribution in [0.4, 0.5) is 4.79 Å². The standard InChI is InChI=1S/C10H11NO2.Li/c12-10-11-9(7-13-10)6-8-4-2-1-3-5-8;/h1-5,9H,6-7H2,(H,11,12);/q;+1/p-1. The normalized spacial score (nSPS) is 19.4. The summed E-state index contributed by atoms with van der Waals surface area (Å²) in [5.41, 5.74) is 1.19. The van der Waals surface area contributed by atoms with Gasteiger partial charge in [-0.25, -0.2) is 0 Å². The molecule has 0 spiro atoms. The third kappa shape index (κ3) is 2.80. The van der Waals surface area contributed by atoms with Crippen molar-refractivity contribution in [2.24, 2.45) is 0 Å². The summed E-state index contributed by atoms with van der Waals surface area (Å²) in [6, 6.07) is 9.99. The molecule has 3 nitrogen and oxygen atoms in total. The summed E-state index contributed by atoms with van der Waals surface area (Å²) in [6.45, 7) is 0.424. The van der Waals surface area contributed by atoms with Crippen molar-refractivity contribution in [3.8, 4) is 0 Å². The fraction of sp³-hybridized carbons (Fsp3) is 0.300. The quantitative estimate of drug-likeness (QED) is 0.559. The van der Waals surface area contributed by atoms with Gasteiger partial charge >= 0.3 is 18.9 Å². The summed E-state index contributed by atoms with van der Waals surface area (Å²) in [6.07, 6.45) is 0.355. The molecule has 4 heteroatoms. The molecule has 1 amide bonds. The first-order valence-corrected chi connectivity index (χ1v) is 4.26. The Kier molecular flexibility index (Phi) is 4.06. The van der Waals surface area contributed by atoms with E-state index in [0.717, 1.165) is 6.42 Å². The summed E-state index contributed by atoms with van der Waals surface area (Å²) in [4.78, 5) is 10.7. The van der Waals surface area contributed by atoms with Crippen LogP contribution in [0.15, 0.2) is 30.3 Å². The summed E-state index contributed by atoms with van der Waals surface area (Å²) in [7, 11) is 0. The second-order valence-electron chi connectivity index (χ2n) is 3.05. The molecule has 1 atom stereocenters. The molecule has 14 heavy (non-hydrogen) atoms. The van der Waals surface area contributed by atoms with Gasteiger partial charge in [0.05, 0.1) is 6.61 Å². The number of carbonyl (C=O) groups excluding carboxylic acids is 1. The molecule has 1 fully saturated rings. The predicted octanol–water partition coefficient (Wildman–Crippen LogP) is -0.874. The number of hydrogen-bond acceptors (Lipinski definition) is 2. The average Bonchev–Trinajstić information content (AvgIpc) is 2.53. The van der Waals surface area contributed by atoms with E-state index in [-0.39, 0.29) is 24.9 Å². The summed E-state index contributed by atoms with van der Waals surface area (Å²) in [5, 5.41) is 3.82. The molecule has 0 aliphatic carbocycles. The van der Waals surface area contributed by atoms with Gasteiger partial charge in [-0.05, 0) is 12.0 Å². The van der Waals surface area contributed by atoms with E-state index in [4.69, 9.17) is 4.74 Å². The van der Waals surface area contributed by atoms with Crippen molar-refractivity contribution >= 4 is 6.09 Å². The number of carbonyl (C=O) groups is 1. The minimum atomic E-state index is -0.430. The van der Waals surface area contributed by atoms with E-state index in [1.807, 2.05) is 30.3 Å². The molecule has 1 unspecified atom stereocenters. The van der Waals surface area contributed by atoms with Crippen LogP contribution in [0.2, 0.25) is 0 Å². The van der Waals surface area contributed by atoms with E-state index in [1.54, 1.807) is 0 Å². The molecular weight excluding hydrogens is 173 g/mol. The van der Waals surface area contributed by atoms with Crippen molar-refractivity contribution in [1.82, 2.24) is 0 Å². The van der Waals surface area contributed by atoms with E-state index < -0.39 is 6.09 Å². The Balaban J connectivity index is 0.000000980. The third-order valence-electron chi connectivity index (χ3n) is 2.00. The fourth-order valence-electron chi connectivity index (χ4n) is 1.38. The summed E-state index contributed by atoms with van der Waals surface area (Å²) >= 11 is 0. The monoisotopic (exact) mass is 183 g/mol. The van der Waals surface area contributed by atoms with Crippen molar-refractivity contribution in [1.29, 1.82) is 0 Å². The van der Waals surface area contributed by atoms with Crippen LogP contribution in [0.5, 0.6) is 0 Å². The maximum Gasteiger partial charge on any atom is 1.00 e. The number of cyclic esters (lactones) is 1. The Morgan fingerprint density at radius 2 is 2.07 bits per heavy atom. The van der Waals surface area contributed by atoms with Gasteiger partial charge in [0, 0.05) is 0 Å². The van der Waals surface area contributed by atoms with Crippen LogP contribution in [0, 0.1) is 0 Å². The molecule has 2 rings (SSSR count). The van der Waals surface area contributed by atoms with Crippen LogP contribution in [0.1, 0.15) is 5.56 Å². The van der Waals surface area contributed by atoms with E-state index >= 15 is 0 Å². The van der Waals surface area contributed by atoms with Gasteiger partial charge in [-0.1, -0.05) is 36.4 Å². The van der Waals surface area contributed by atoms with Crippen molar-refractivity contribution in [3.05, 3.63) is 41.2 Å². The molecule has 0 saturated carbocycles. The Labute approximate surface area is 95.0 Å². The van der Waals surface area contributed by atoms with Crippen LogP contribution in [-0.4, -0.2) is 18.7 Å². The minimum absolute atomic E-state index is 0. The smallest absolute Gasteiger partial charge is 0.612 e. The first-order valence-electron chi connectivity index (χ1n) is 4.26. The molecule has 1 aromatic rings. The number of amides is 1. The molecular formula is C10H10LiNO2. The van der Waals surface area contributed by atoms with Gasteiger partial charge in [-0.2, -0.15) is 0 Å². The van der Waals surface area contributed by atoms with Gasteiger partial charge in [0.25, 0.3) is 0 Å². The van der Waals surface area contributed by atoms with Crippen LogP contribution >= 0.6 is 0 Å². The Morgan fingerprint density at radius 3 is 2.64 bits per heavy atom. The van der Waals surface area contributed by atoms with Gasteiger partial charge in [0.1, 0.15) is 0 Å². The first kappa shape index (κ1) is 11.2. The zero-order chi connectivity index (χ0) is 9.10. The minimum Gasteiger partial charge on any atom is -0.612 e. The number of nitrogens with zero attached hydrogens (tertiary/aromatic N) is 1. The van der Waals surface area contributed by atoms with Gasteiger partial charge < -0.3 is 10.1 Å². The summed E-state index contributed by atoms with van der Waals surface area (Å²) in [5.74, 6) is 0. The van der Waals surface area contributed by atoms with E-state index in [2.05, 4.69) is 5.32 Å². The zero-order valence-electron chi connectivity index (χ0n) is 8.14. The van der Waals surface area contributed by atoms with Gasteiger partial charge in [-0.3, -0.25) is 4.79 Å². The second-order valence-corrected chi connectivity index (χ2v) is 3.05. The molecule has 0 N–H and O–H groups in total. The Bertz CT molecular complexity index is 302. The van der Waals surface area contributed by atoms with Crippen LogP contribution in [0.3, 0.4) is 0 Å². The number of hydrogen-bond donors (Lipinski definition) is 0. The number of rotatable bonds is 2. The molecule has 1 saturated heterocycles. The number of benzene rings is 1. The molecule has 1 heterocycles. The second kappa shape index (κ2) is 5.09. The maximum absolute atomic E-state index is 10.7. The third-order valence-corrected chi connectivity index (χ3v) is 2.00. The molecule has 0 aromatic heterocycles.